The number of hydrogen-bond donors (Lipinski definition) is 0. The van der Waals surface area contributed by atoms with Crippen LogP contribution in [-0.2, 0) is 0 Å². The maximum Gasteiger partial charge on any atom is 0.126 e. The Labute approximate surface area is 90.1 Å². The van der Waals surface area contributed by atoms with E-state index in [0.717, 1.165) is 17.9 Å². The fraction of sp³-hybridized carbons (Fsp3) is 0.143. The second kappa shape index (κ2) is 4.52. The van der Waals surface area contributed by atoms with E-state index in [0.29, 0.717) is 0 Å². The lowest BCUT2D eigenvalue weighted by Gasteiger charge is -2.14. The number of benzene rings is 1. The van der Waals surface area contributed by atoms with Gasteiger partial charge in [-0.05, 0) is 18.2 Å². The molecule has 1 nitrogen and oxygen atoms in total. The molecule has 0 aliphatic heterocycles. The molecule has 0 N–H and O–H groups in total. The minimum absolute atomic E-state index is 0.161. The highest BCUT2D eigenvalue weighted by Crippen LogP contribution is 2.21. The molecular formula is C14H12O. The third-order valence-electron chi connectivity index (χ3n) is 2.25. The minimum atomic E-state index is 0.161. The predicted octanol–water partition coefficient (Wildman–Crippen LogP) is 3.16. The number of ether oxygens (including phenoxy) is 1. The van der Waals surface area contributed by atoms with Crippen LogP contribution < -0.4 is 4.74 Å². The van der Waals surface area contributed by atoms with Gasteiger partial charge in [0, 0.05) is 12.3 Å². The first kappa shape index (κ1) is 9.61. The molecule has 1 aromatic rings. The predicted molar refractivity (Wildman–Crippen MR) is 61.2 cm³/mol. The van der Waals surface area contributed by atoms with Crippen molar-refractivity contribution in [3.05, 3.63) is 54.3 Å². The Balaban J connectivity index is 2.05. The molecule has 74 valence electrons. The second-order valence-electron chi connectivity index (χ2n) is 3.41. The van der Waals surface area contributed by atoms with Crippen LogP contribution in [0.4, 0.5) is 0 Å². The van der Waals surface area contributed by atoms with E-state index in [-0.39, 0.29) is 5.92 Å². The average molecular weight is 196 g/mol. The summed E-state index contributed by atoms with van der Waals surface area (Å²) in [7, 11) is 0. The zero-order chi connectivity index (χ0) is 10.5. The number of hydrogen-bond acceptors (Lipinski definition) is 1. The van der Waals surface area contributed by atoms with E-state index in [1.165, 1.54) is 0 Å². The Morgan fingerprint density at radius 1 is 1.27 bits per heavy atom. The number of para-hydroxylation sites is 1. The first-order valence-electron chi connectivity index (χ1n) is 4.95. The Bertz CT molecular complexity index is 420. The van der Waals surface area contributed by atoms with Crippen molar-refractivity contribution in [3.63, 3.8) is 0 Å². The quantitative estimate of drug-likeness (QED) is 0.660. The smallest absolute Gasteiger partial charge is 0.126 e. The maximum atomic E-state index is 5.70. The van der Waals surface area contributed by atoms with Crippen molar-refractivity contribution < 1.29 is 4.74 Å². The fourth-order valence-corrected chi connectivity index (χ4v) is 1.48. The van der Waals surface area contributed by atoms with Crippen molar-refractivity contribution in [2.24, 2.45) is 5.92 Å². The summed E-state index contributed by atoms with van der Waals surface area (Å²) in [6, 6.07) is 9.74. The van der Waals surface area contributed by atoms with E-state index in [1.807, 2.05) is 48.6 Å². The van der Waals surface area contributed by atoms with E-state index in [9.17, 15) is 0 Å². The van der Waals surface area contributed by atoms with Gasteiger partial charge in [0.2, 0.25) is 0 Å². The summed E-state index contributed by atoms with van der Waals surface area (Å²) in [6.45, 7) is 0. The Kier molecular flexibility index (Phi) is 2.90. The Morgan fingerprint density at radius 2 is 2.07 bits per heavy atom. The van der Waals surface area contributed by atoms with Crippen LogP contribution in [0.2, 0.25) is 0 Å². The van der Waals surface area contributed by atoms with Gasteiger partial charge in [0.1, 0.15) is 11.5 Å². The van der Waals surface area contributed by atoms with Gasteiger partial charge in [-0.2, -0.15) is 0 Å². The van der Waals surface area contributed by atoms with Gasteiger partial charge in [-0.1, -0.05) is 36.3 Å². The summed E-state index contributed by atoms with van der Waals surface area (Å²) in [6.07, 6.45) is 12.1. The average Bonchev–Trinajstić information content (AvgIpc) is 2.31. The van der Waals surface area contributed by atoms with Crippen LogP contribution in [-0.4, -0.2) is 0 Å². The van der Waals surface area contributed by atoms with Crippen molar-refractivity contribution in [1.82, 2.24) is 0 Å². The van der Waals surface area contributed by atoms with Gasteiger partial charge in [-0.25, -0.2) is 0 Å². The van der Waals surface area contributed by atoms with Gasteiger partial charge < -0.3 is 4.74 Å². The molecule has 0 saturated heterocycles. The second-order valence-corrected chi connectivity index (χ2v) is 3.41. The standard InChI is InChI=1S/C14H12O/c1-2-12-7-6-10-14(11-12)15-13-8-4-3-5-9-13/h1,3-10,12H,11H2. The van der Waals surface area contributed by atoms with Crippen LogP contribution in [0.1, 0.15) is 6.42 Å². The molecule has 1 aliphatic rings. The molecule has 0 bridgehead atoms. The van der Waals surface area contributed by atoms with Crippen LogP contribution in [0.25, 0.3) is 0 Å². The van der Waals surface area contributed by atoms with Crippen LogP contribution in [0.3, 0.4) is 0 Å². The topological polar surface area (TPSA) is 9.23 Å². The normalized spacial score (nSPS) is 19.1. The summed E-state index contributed by atoms with van der Waals surface area (Å²) >= 11 is 0. The summed E-state index contributed by atoms with van der Waals surface area (Å²) in [5.74, 6) is 4.65. The fourth-order valence-electron chi connectivity index (χ4n) is 1.48. The zero-order valence-corrected chi connectivity index (χ0v) is 8.39. The van der Waals surface area contributed by atoms with E-state index in [2.05, 4.69) is 5.92 Å². The van der Waals surface area contributed by atoms with Crippen LogP contribution in [0.15, 0.2) is 54.3 Å². The SMILES string of the molecule is C#CC1C=CC=C(Oc2ccccc2)C1. The minimum Gasteiger partial charge on any atom is -0.462 e. The van der Waals surface area contributed by atoms with E-state index < -0.39 is 0 Å². The van der Waals surface area contributed by atoms with Gasteiger partial charge in [0.15, 0.2) is 0 Å². The third-order valence-corrected chi connectivity index (χ3v) is 2.25. The van der Waals surface area contributed by atoms with E-state index >= 15 is 0 Å². The monoisotopic (exact) mass is 196 g/mol. The van der Waals surface area contributed by atoms with Crippen molar-refractivity contribution >= 4 is 0 Å². The summed E-state index contributed by atoms with van der Waals surface area (Å²) in [5, 5.41) is 0. The molecule has 1 aromatic carbocycles. The molecule has 0 aromatic heterocycles. The molecule has 0 spiro atoms. The zero-order valence-electron chi connectivity index (χ0n) is 8.39. The van der Waals surface area contributed by atoms with Crippen molar-refractivity contribution in [2.45, 2.75) is 6.42 Å². The lowest BCUT2D eigenvalue weighted by atomic mass is 10.0. The molecule has 1 atom stereocenters. The molecule has 1 aliphatic carbocycles. The van der Waals surface area contributed by atoms with Crippen molar-refractivity contribution in [1.29, 1.82) is 0 Å². The van der Waals surface area contributed by atoms with Gasteiger partial charge in [0.25, 0.3) is 0 Å². The third kappa shape index (κ3) is 2.51. The number of allylic oxidation sites excluding steroid dienone is 4. The van der Waals surface area contributed by atoms with Crippen molar-refractivity contribution in [2.75, 3.05) is 0 Å². The maximum absolute atomic E-state index is 5.70. The summed E-state index contributed by atoms with van der Waals surface area (Å²) < 4.78 is 5.70. The summed E-state index contributed by atoms with van der Waals surface area (Å²) in [4.78, 5) is 0. The lowest BCUT2D eigenvalue weighted by Crippen LogP contribution is -2.04. The highest BCUT2D eigenvalue weighted by atomic mass is 16.5. The van der Waals surface area contributed by atoms with E-state index in [4.69, 9.17) is 11.2 Å². The highest BCUT2D eigenvalue weighted by molar-refractivity contribution is 5.27. The van der Waals surface area contributed by atoms with Gasteiger partial charge in [-0.15, -0.1) is 6.42 Å². The van der Waals surface area contributed by atoms with Crippen LogP contribution in [0, 0.1) is 18.3 Å². The molecule has 2 rings (SSSR count). The first-order chi connectivity index (χ1) is 7.38. The molecule has 15 heavy (non-hydrogen) atoms. The number of rotatable bonds is 2. The number of terminal acetylenes is 1. The van der Waals surface area contributed by atoms with Crippen LogP contribution >= 0.6 is 0 Å². The van der Waals surface area contributed by atoms with Gasteiger partial charge in [-0.3, -0.25) is 0 Å². The molecule has 0 amide bonds. The highest BCUT2D eigenvalue weighted by Gasteiger charge is 2.10. The Morgan fingerprint density at radius 3 is 2.80 bits per heavy atom. The van der Waals surface area contributed by atoms with Crippen molar-refractivity contribution in [3.8, 4) is 18.1 Å². The molecule has 0 radical (unpaired) electrons. The molecular weight excluding hydrogens is 184 g/mol. The van der Waals surface area contributed by atoms with Gasteiger partial charge >= 0.3 is 0 Å². The largest absolute Gasteiger partial charge is 0.462 e. The molecule has 0 fully saturated rings. The molecule has 1 heteroatoms. The molecule has 0 saturated carbocycles. The van der Waals surface area contributed by atoms with E-state index in [1.54, 1.807) is 0 Å². The van der Waals surface area contributed by atoms with Crippen LogP contribution in [0.5, 0.6) is 5.75 Å². The van der Waals surface area contributed by atoms with Gasteiger partial charge in [0.05, 0.1) is 0 Å². The molecule has 0 heterocycles. The first-order valence-corrected chi connectivity index (χ1v) is 4.95. The Hall–Kier alpha value is -1.94. The summed E-state index contributed by atoms with van der Waals surface area (Å²) in [5.41, 5.74) is 0. The lowest BCUT2D eigenvalue weighted by molar-refractivity contribution is 0.393. The molecule has 1 unspecified atom stereocenters.